The number of piperidine rings is 1. The van der Waals surface area contributed by atoms with Crippen molar-refractivity contribution in [2.24, 2.45) is 0 Å². The molecule has 1 saturated heterocycles. The van der Waals surface area contributed by atoms with E-state index in [0.29, 0.717) is 0 Å². The molecule has 2 nitrogen and oxygen atoms in total. The minimum absolute atomic E-state index is 0.817. The van der Waals surface area contributed by atoms with Gasteiger partial charge in [-0.3, -0.25) is 0 Å². The Labute approximate surface area is 120 Å². The first-order valence-electron chi connectivity index (χ1n) is 7.78. The summed E-state index contributed by atoms with van der Waals surface area (Å²) in [5.41, 5.74) is 1.37. The highest BCUT2D eigenvalue weighted by molar-refractivity contribution is 5.08. The summed E-state index contributed by atoms with van der Waals surface area (Å²) in [7, 11) is 4.53. The third kappa shape index (κ3) is 7.54. The maximum atomic E-state index is 2.55. The monoisotopic (exact) mass is 264 g/mol. The fourth-order valence-corrected chi connectivity index (χ4v) is 2.64. The zero-order valence-electron chi connectivity index (χ0n) is 13.4. The van der Waals surface area contributed by atoms with Gasteiger partial charge in [0.1, 0.15) is 0 Å². The minimum Gasteiger partial charge on any atom is -0.306 e. The molecule has 1 aliphatic rings. The molecule has 0 amide bonds. The van der Waals surface area contributed by atoms with Crippen molar-refractivity contribution in [2.45, 2.75) is 52.0 Å². The lowest BCUT2D eigenvalue weighted by atomic mass is 10.00. The van der Waals surface area contributed by atoms with E-state index in [4.69, 9.17) is 0 Å². The van der Waals surface area contributed by atoms with Crippen molar-refractivity contribution in [3.05, 3.63) is 23.8 Å². The molecule has 0 aromatic rings. The van der Waals surface area contributed by atoms with Crippen molar-refractivity contribution in [3.63, 3.8) is 0 Å². The number of hydrogen-bond donors (Lipinski definition) is 0. The van der Waals surface area contributed by atoms with Gasteiger partial charge < -0.3 is 9.80 Å². The molecule has 1 fully saturated rings. The molecule has 1 heterocycles. The standard InChI is InChI=1S/C17H32N2/c1-16(2)10-6-5-8-13-18(3)15-12-17-11-7-9-14-19(17)4/h5-6,10,17H,7-9,11-15H2,1-4H3/b6-5-. The molecule has 0 N–H and O–H groups in total. The van der Waals surface area contributed by atoms with E-state index in [-0.39, 0.29) is 0 Å². The third-order valence-electron chi connectivity index (χ3n) is 4.01. The molecule has 0 bridgehead atoms. The number of nitrogens with zero attached hydrogens (tertiary/aromatic N) is 2. The predicted molar refractivity (Wildman–Crippen MR) is 85.6 cm³/mol. The van der Waals surface area contributed by atoms with E-state index in [1.54, 1.807) is 0 Å². The molecule has 0 radical (unpaired) electrons. The van der Waals surface area contributed by atoms with Crippen LogP contribution in [0.1, 0.15) is 46.0 Å². The minimum atomic E-state index is 0.817. The molecule has 2 heteroatoms. The van der Waals surface area contributed by atoms with Crippen molar-refractivity contribution in [3.8, 4) is 0 Å². The third-order valence-corrected chi connectivity index (χ3v) is 4.01. The van der Waals surface area contributed by atoms with Gasteiger partial charge in [-0.25, -0.2) is 0 Å². The average Bonchev–Trinajstić information content (AvgIpc) is 2.37. The summed E-state index contributed by atoms with van der Waals surface area (Å²) in [6.45, 7) is 7.96. The normalized spacial score (nSPS) is 21.2. The largest absolute Gasteiger partial charge is 0.306 e. The second-order valence-corrected chi connectivity index (χ2v) is 6.18. The predicted octanol–water partition coefficient (Wildman–Crippen LogP) is 3.71. The number of hydrogen-bond acceptors (Lipinski definition) is 2. The molecule has 0 spiro atoms. The van der Waals surface area contributed by atoms with E-state index in [2.05, 4.69) is 56.0 Å². The van der Waals surface area contributed by atoms with E-state index in [9.17, 15) is 0 Å². The first-order valence-corrected chi connectivity index (χ1v) is 7.78. The van der Waals surface area contributed by atoms with Crippen LogP contribution in [0.3, 0.4) is 0 Å². The van der Waals surface area contributed by atoms with E-state index in [1.807, 2.05) is 0 Å². The van der Waals surface area contributed by atoms with E-state index < -0.39 is 0 Å². The summed E-state index contributed by atoms with van der Waals surface area (Å²) in [4.78, 5) is 5.02. The van der Waals surface area contributed by atoms with Gasteiger partial charge in [0, 0.05) is 12.6 Å². The highest BCUT2D eigenvalue weighted by Crippen LogP contribution is 2.17. The van der Waals surface area contributed by atoms with E-state index in [1.165, 1.54) is 50.9 Å². The van der Waals surface area contributed by atoms with Crippen molar-refractivity contribution >= 4 is 0 Å². The van der Waals surface area contributed by atoms with Gasteiger partial charge in [-0.2, -0.15) is 0 Å². The van der Waals surface area contributed by atoms with Gasteiger partial charge in [0.05, 0.1) is 0 Å². The lowest BCUT2D eigenvalue weighted by molar-refractivity contribution is 0.161. The number of rotatable bonds is 7. The summed E-state index contributed by atoms with van der Waals surface area (Å²) in [5.74, 6) is 0. The second kappa shape index (κ2) is 9.33. The Morgan fingerprint density at radius 2 is 2.05 bits per heavy atom. The molecule has 0 aliphatic carbocycles. The summed E-state index contributed by atoms with van der Waals surface area (Å²) in [6.07, 6.45) is 13.3. The van der Waals surface area contributed by atoms with Gasteiger partial charge in [0.2, 0.25) is 0 Å². The number of likely N-dealkylation sites (tertiary alicyclic amines) is 1. The molecule has 1 atom stereocenters. The van der Waals surface area contributed by atoms with Gasteiger partial charge in [-0.1, -0.05) is 30.2 Å². The van der Waals surface area contributed by atoms with Crippen LogP contribution in [0, 0.1) is 0 Å². The highest BCUT2D eigenvalue weighted by Gasteiger charge is 2.18. The van der Waals surface area contributed by atoms with Crippen molar-refractivity contribution in [2.75, 3.05) is 33.7 Å². The summed E-state index contributed by atoms with van der Waals surface area (Å²) in [5, 5.41) is 0. The molecule has 19 heavy (non-hydrogen) atoms. The van der Waals surface area contributed by atoms with Gasteiger partial charge in [-0.15, -0.1) is 0 Å². The quantitative estimate of drug-likeness (QED) is 0.647. The molecule has 1 aliphatic heterocycles. The Balaban J connectivity index is 2.12. The molecule has 1 rings (SSSR count). The first kappa shape index (κ1) is 16.5. The van der Waals surface area contributed by atoms with Crippen LogP contribution in [-0.2, 0) is 0 Å². The van der Waals surface area contributed by atoms with Crippen molar-refractivity contribution in [1.29, 1.82) is 0 Å². The summed E-state index contributed by atoms with van der Waals surface area (Å²) < 4.78 is 0. The molecule has 1 unspecified atom stereocenters. The average molecular weight is 264 g/mol. The Morgan fingerprint density at radius 3 is 2.74 bits per heavy atom. The zero-order chi connectivity index (χ0) is 14.1. The van der Waals surface area contributed by atoms with Crippen LogP contribution in [-0.4, -0.2) is 49.6 Å². The topological polar surface area (TPSA) is 6.48 Å². The highest BCUT2D eigenvalue weighted by atomic mass is 15.1. The van der Waals surface area contributed by atoms with Gasteiger partial charge in [-0.05, 0) is 66.7 Å². The molecule has 0 aromatic heterocycles. The van der Waals surface area contributed by atoms with Crippen LogP contribution in [0.25, 0.3) is 0 Å². The maximum Gasteiger partial charge on any atom is 0.0104 e. The molecular weight excluding hydrogens is 232 g/mol. The lowest BCUT2D eigenvalue weighted by Crippen LogP contribution is -2.38. The van der Waals surface area contributed by atoms with Crippen LogP contribution in [0.4, 0.5) is 0 Å². The summed E-state index contributed by atoms with van der Waals surface area (Å²) in [6, 6.07) is 0.817. The Morgan fingerprint density at radius 1 is 1.26 bits per heavy atom. The van der Waals surface area contributed by atoms with Crippen molar-refractivity contribution < 1.29 is 0 Å². The van der Waals surface area contributed by atoms with Gasteiger partial charge in [0.15, 0.2) is 0 Å². The SMILES string of the molecule is CC(C)=C/C=C\CCN(C)CCC1CCCCN1C. The van der Waals surface area contributed by atoms with E-state index in [0.717, 1.165) is 12.5 Å². The molecule has 0 aromatic carbocycles. The zero-order valence-corrected chi connectivity index (χ0v) is 13.4. The Bertz CT molecular complexity index is 290. The first-order chi connectivity index (χ1) is 9.09. The van der Waals surface area contributed by atoms with Gasteiger partial charge >= 0.3 is 0 Å². The lowest BCUT2D eigenvalue weighted by Gasteiger charge is -2.33. The smallest absolute Gasteiger partial charge is 0.0104 e. The van der Waals surface area contributed by atoms with Crippen LogP contribution in [0.15, 0.2) is 23.8 Å². The fourth-order valence-electron chi connectivity index (χ4n) is 2.64. The summed E-state index contributed by atoms with van der Waals surface area (Å²) >= 11 is 0. The van der Waals surface area contributed by atoms with Crippen LogP contribution >= 0.6 is 0 Å². The maximum absolute atomic E-state index is 2.55. The van der Waals surface area contributed by atoms with E-state index >= 15 is 0 Å². The van der Waals surface area contributed by atoms with Crippen LogP contribution in [0.2, 0.25) is 0 Å². The fraction of sp³-hybridized carbons (Fsp3) is 0.765. The Kier molecular flexibility index (Phi) is 8.08. The molecule has 110 valence electrons. The molecular formula is C17H32N2. The Hall–Kier alpha value is -0.600. The van der Waals surface area contributed by atoms with Crippen LogP contribution < -0.4 is 0 Å². The number of allylic oxidation sites excluding steroid dienone is 3. The van der Waals surface area contributed by atoms with Gasteiger partial charge in [0.25, 0.3) is 0 Å². The van der Waals surface area contributed by atoms with Crippen LogP contribution in [0.5, 0.6) is 0 Å². The molecule has 0 saturated carbocycles. The second-order valence-electron chi connectivity index (χ2n) is 6.18. The van der Waals surface area contributed by atoms with Crippen molar-refractivity contribution in [1.82, 2.24) is 9.80 Å².